The van der Waals surface area contributed by atoms with Crippen LogP contribution in [0.15, 0.2) is 17.2 Å². The van der Waals surface area contributed by atoms with E-state index in [4.69, 9.17) is 0 Å². The normalized spacial score (nSPS) is 11.9. The fourth-order valence-corrected chi connectivity index (χ4v) is 3.11. The highest BCUT2D eigenvalue weighted by atomic mass is 32.2. The zero-order chi connectivity index (χ0) is 15.0. The molecule has 0 spiro atoms. The van der Waals surface area contributed by atoms with Crippen molar-refractivity contribution in [1.29, 1.82) is 0 Å². The van der Waals surface area contributed by atoms with Crippen LogP contribution in [0.4, 0.5) is 0 Å². The van der Waals surface area contributed by atoms with Gasteiger partial charge in [0.15, 0.2) is 0 Å². The van der Waals surface area contributed by atoms with Crippen LogP contribution in [0.25, 0.3) is 0 Å². The van der Waals surface area contributed by atoms with Gasteiger partial charge < -0.3 is 9.88 Å². The maximum absolute atomic E-state index is 12.2. The lowest BCUT2D eigenvalue weighted by Crippen LogP contribution is -2.24. The van der Waals surface area contributed by atoms with E-state index in [9.17, 15) is 8.42 Å². The number of rotatable bonds is 10. The average Bonchev–Trinajstić information content (AvgIpc) is 2.83. The molecule has 0 radical (unpaired) electrons. The summed E-state index contributed by atoms with van der Waals surface area (Å²) < 4.78 is 29.0. The lowest BCUT2D eigenvalue weighted by molar-refractivity contribution is 0.578. The highest BCUT2D eigenvalue weighted by Crippen LogP contribution is 2.14. The van der Waals surface area contributed by atoms with Gasteiger partial charge >= 0.3 is 0 Å². The summed E-state index contributed by atoms with van der Waals surface area (Å²) in [4.78, 5) is 0.365. The predicted octanol–water partition coefficient (Wildman–Crippen LogP) is 2.09. The quantitative estimate of drug-likeness (QED) is 0.650. The number of hydrogen-bond acceptors (Lipinski definition) is 3. The summed E-state index contributed by atoms with van der Waals surface area (Å²) in [6.07, 6.45) is 4.62. The molecule has 2 N–H and O–H groups in total. The SMILES string of the molecule is CCCCNS(=O)(=O)c1cc(CNCCC)n(CC)c1. The topological polar surface area (TPSA) is 63.1 Å². The van der Waals surface area contributed by atoms with Crippen molar-refractivity contribution < 1.29 is 8.42 Å². The van der Waals surface area contributed by atoms with Crippen LogP contribution in [-0.4, -0.2) is 26.1 Å². The highest BCUT2D eigenvalue weighted by Gasteiger charge is 2.17. The van der Waals surface area contributed by atoms with Gasteiger partial charge in [-0.2, -0.15) is 0 Å². The molecule has 1 aromatic rings. The minimum atomic E-state index is -3.37. The molecule has 1 aromatic heterocycles. The van der Waals surface area contributed by atoms with E-state index in [0.29, 0.717) is 18.0 Å². The van der Waals surface area contributed by atoms with E-state index in [-0.39, 0.29) is 0 Å². The van der Waals surface area contributed by atoms with Crippen molar-refractivity contribution in [3.63, 3.8) is 0 Å². The zero-order valence-corrected chi connectivity index (χ0v) is 13.6. The zero-order valence-electron chi connectivity index (χ0n) is 12.8. The smallest absolute Gasteiger partial charge is 0.242 e. The van der Waals surface area contributed by atoms with Gasteiger partial charge in [0, 0.05) is 31.5 Å². The Bertz CT molecular complexity index is 495. The summed E-state index contributed by atoms with van der Waals surface area (Å²) in [6, 6.07) is 1.76. The Balaban J connectivity index is 2.79. The summed E-state index contributed by atoms with van der Waals surface area (Å²) in [6.45, 7) is 9.08. The van der Waals surface area contributed by atoms with Gasteiger partial charge in [-0.3, -0.25) is 0 Å². The number of nitrogens with one attached hydrogen (secondary N) is 2. The van der Waals surface area contributed by atoms with Crippen LogP contribution in [0.2, 0.25) is 0 Å². The van der Waals surface area contributed by atoms with Crippen molar-refractivity contribution in [3.8, 4) is 0 Å². The molecule has 0 unspecified atom stereocenters. The third-order valence-corrected chi connectivity index (χ3v) is 4.60. The maximum atomic E-state index is 12.2. The summed E-state index contributed by atoms with van der Waals surface area (Å²) >= 11 is 0. The van der Waals surface area contributed by atoms with Gasteiger partial charge in [-0.1, -0.05) is 20.3 Å². The Morgan fingerprint density at radius 1 is 1.15 bits per heavy atom. The first kappa shape index (κ1) is 17.2. The van der Waals surface area contributed by atoms with E-state index >= 15 is 0 Å². The van der Waals surface area contributed by atoms with Crippen molar-refractivity contribution >= 4 is 10.0 Å². The molecule has 116 valence electrons. The Morgan fingerprint density at radius 2 is 1.90 bits per heavy atom. The van der Waals surface area contributed by atoms with Gasteiger partial charge in [-0.05, 0) is 32.4 Å². The second-order valence-electron chi connectivity index (χ2n) is 4.88. The minimum Gasteiger partial charge on any atom is -0.349 e. The summed E-state index contributed by atoms with van der Waals surface area (Å²) in [7, 11) is -3.37. The van der Waals surface area contributed by atoms with Crippen LogP contribution in [-0.2, 0) is 23.1 Å². The molecule has 5 nitrogen and oxygen atoms in total. The molecule has 0 aliphatic rings. The summed E-state index contributed by atoms with van der Waals surface area (Å²) in [5.41, 5.74) is 1.01. The van der Waals surface area contributed by atoms with E-state index in [1.165, 1.54) is 0 Å². The fraction of sp³-hybridized carbons (Fsp3) is 0.714. The Kier molecular flexibility index (Phi) is 7.26. The van der Waals surface area contributed by atoms with Crippen LogP contribution in [0.1, 0.15) is 45.7 Å². The molecule has 0 amide bonds. The highest BCUT2D eigenvalue weighted by molar-refractivity contribution is 7.89. The van der Waals surface area contributed by atoms with Crippen LogP contribution in [0, 0.1) is 0 Å². The fourth-order valence-electron chi connectivity index (χ4n) is 1.97. The molecule has 0 aromatic carbocycles. The maximum Gasteiger partial charge on any atom is 0.242 e. The Labute approximate surface area is 122 Å². The number of hydrogen-bond donors (Lipinski definition) is 2. The third kappa shape index (κ3) is 4.92. The standard InChI is InChI=1S/C14H27N3O2S/c1-4-7-9-16-20(18,19)14-10-13(11-15-8-5-2)17(6-3)12-14/h10,12,15-16H,4-9,11H2,1-3H3. The van der Waals surface area contributed by atoms with Gasteiger partial charge in [0.25, 0.3) is 0 Å². The van der Waals surface area contributed by atoms with Crippen molar-refractivity contribution in [2.75, 3.05) is 13.1 Å². The van der Waals surface area contributed by atoms with Crippen LogP contribution >= 0.6 is 0 Å². The van der Waals surface area contributed by atoms with Gasteiger partial charge in [0.1, 0.15) is 0 Å². The third-order valence-electron chi connectivity index (χ3n) is 3.17. The molecule has 0 fully saturated rings. The molecule has 1 heterocycles. The lowest BCUT2D eigenvalue weighted by atomic mass is 10.3. The van der Waals surface area contributed by atoms with E-state index in [2.05, 4.69) is 17.0 Å². The Morgan fingerprint density at radius 3 is 2.50 bits per heavy atom. The molecule has 0 bridgehead atoms. The van der Waals surface area contributed by atoms with Gasteiger partial charge in [-0.25, -0.2) is 13.1 Å². The molecule has 0 saturated heterocycles. The van der Waals surface area contributed by atoms with Gasteiger partial charge in [-0.15, -0.1) is 0 Å². The van der Waals surface area contributed by atoms with Crippen LogP contribution < -0.4 is 10.0 Å². The lowest BCUT2D eigenvalue weighted by Gasteiger charge is -2.06. The van der Waals surface area contributed by atoms with Crippen molar-refractivity contribution in [2.24, 2.45) is 0 Å². The molecule has 0 saturated carbocycles. The van der Waals surface area contributed by atoms with E-state index in [0.717, 1.165) is 38.0 Å². The van der Waals surface area contributed by atoms with E-state index in [1.54, 1.807) is 12.3 Å². The molecule has 6 heteroatoms. The summed E-state index contributed by atoms with van der Waals surface area (Å²) in [5, 5.41) is 3.31. The first-order chi connectivity index (χ1) is 9.55. The number of aryl methyl sites for hydroxylation is 1. The van der Waals surface area contributed by atoms with Gasteiger partial charge in [0.05, 0.1) is 4.90 Å². The number of unbranched alkanes of at least 4 members (excludes halogenated alkanes) is 1. The second kappa shape index (κ2) is 8.44. The largest absolute Gasteiger partial charge is 0.349 e. The van der Waals surface area contributed by atoms with Crippen molar-refractivity contribution in [2.45, 2.75) is 58.0 Å². The first-order valence-corrected chi connectivity index (χ1v) is 8.92. The molecule has 0 aliphatic heterocycles. The Hall–Kier alpha value is -0.850. The first-order valence-electron chi connectivity index (χ1n) is 7.44. The number of aromatic nitrogens is 1. The van der Waals surface area contributed by atoms with Crippen LogP contribution in [0.3, 0.4) is 0 Å². The van der Waals surface area contributed by atoms with E-state index in [1.807, 2.05) is 18.4 Å². The number of nitrogens with zero attached hydrogens (tertiary/aromatic N) is 1. The number of sulfonamides is 1. The van der Waals surface area contributed by atoms with E-state index < -0.39 is 10.0 Å². The molecular formula is C14H27N3O2S. The molecule has 20 heavy (non-hydrogen) atoms. The minimum absolute atomic E-state index is 0.365. The second-order valence-corrected chi connectivity index (χ2v) is 6.65. The molecule has 0 aliphatic carbocycles. The van der Waals surface area contributed by atoms with Crippen LogP contribution in [0.5, 0.6) is 0 Å². The van der Waals surface area contributed by atoms with Gasteiger partial charge in [0.2, 0.25) is 10.0 Å². The average molecular weight is 301 g/mol. The van der Waals surface area contributed by atoms with Crippen molar-refractivity contribution in [1.82, 2.24) is 14.6 Å². The summed E-state index contributed by atoms with van der Waals surface area (Å²) in [5.74, 6) is 0. The van der Waals surface area contributed by atoms with Crippen molar-refractivity contribution in [3.05, 3.63) is 18.0 Å². The molecular weight excluding hydrogens is 274 g/mol. The molecule has 0 atom stereocenters. The monoisotopic (exact) mass is 301 g/mol. The molecule has 1 rings (SSSR count). The predicted molar refractivity (Wildman–Crippen MR) is 82.2 cm³/mol.